The number of aliphatic carboxylic acids is 1. The van der Waals surface area contributed by atoms with Gasteiger partial charge in [0.1, 0.15) is 6.04 Å². The van der Waals surface area contributed by atoms with Crippen molar-refractivity contribution in [1.82, 2.24) is 5.32 Å². The standard InChI is InChI=1S/C9H15NO2S/c11-9(12)8-3-7(4-10-8)6-1-2-13-5-6/h6-8,10H,1-5H2,(H,11,12). The van der Waals surface area contributed by atoms with Crippen molar-refractivity contribution in [3.8, 4) is 0 Å². The molecular weight excluding hydrogens is 186 g/mol. The SMILES string of the molecule is O=C(O)C1CC(C2CCSC2)CN1. The lowest BCUT2D eigenvalue weighted by Crippen LogP contribution is -2.29. The van der Waals surface area contributed by atoms with Crippen LogP contribution >= 0.6 is 11.8 Å². The van der Waals surface area contributed by atoms with Gasteiger partial charge in [0, 0.05) is 0 Å². The molecule has 0 aromatic carbocycles. The van der Waals surface area contributed by atoms with E-state index in [0.29, 0.717) is 5.92 Å². The highest BCUT2D eigenvalue weighted by molar-refractivity contribution is 7.99. The van der Waals surface area contributed by atoms with Crippen molar-refractivity contribution < 1.29 is 9.90 Å². The van der Waals surface area contributed by atoms with Crippen LogP contribution in [0.2, 0.25) is 0 Å². The van der Waals surface area contributed by atoms with Gasteiger partial charge in [-0.1, -0.05) is 0 Å². The molecule has 0 aromatic rings. The van der Waals surface area contributed by atoms with Crippen LogP contribution in [0.4, 0.5) is 0 Å². The maximum atomic E-state index is 10.7. The van der Waals surface area contributed by atoms with E-state index in [1.54, 1.807) is 0 Å². The molecule has 2 heterocycles. The van der Waals surface area contributed by atoms with Crippen LogP contribution in [0, 0.1) is 11.8 Å². The molecule has 0 bridgehead atoms. The Morgan fingerprint density at radius 3 is 2.85 bits per heavy atom. The van der Waals surface area contributed by atoms with Crippen molar-refractivity contribution in [3.63, 3.8) is 0 Å². The molecule has 0 amide bonds. The smallest absolute Gasteiger partial charge is 0.320 e. The van der Waals surface area contributed by atoms with Crippen LogP contribution < -0.4 is 5.32 Å². The molecule has 3 atom stereocenters. The Labute approximate surface area is 82.3 Å². The predicted molar refractivity (Wildman–Crippen MR) is 53.0 cm³/mol. The van der Waals surface area contributed by atoms with Crippen LogP contribution in [0.15, 0.2) is 0 Å². The highest BCUT2D eigenvalue weighted by Crippen LogP contribution is 2.33. The van der Waals surface area contributed by atoms with Gasteiger partial charge < -0.3 is 10.4 Å². The first-order valence-corrected chi connectivity index (χ1v) is 5.97. The number of hydrogen-bond donors (Lipinski definition) is 2. The third-order valence-corrected chi connectivity index (χ3v) is 4.28. The quantitative estimate of drug-likeness (QED) is 0.694. The van der Waals surface area contributed by atoms with Crippen molar-refractivity contribution in [1.29, 1.82) is 0 Å². The third kappa shape index (κ3) is 1.99. The molecule has 0 radical (unpaired) electrons. The number of thioether (sulfide) groups is 1. The molecule has 2 aliphatic rings. The highest BCUT2D eigenvalue weighted by atomic mass is 32.2. The van der Waals surface area contributed by atoms with Gasteiger partial charge in [0.25, 0.3) is 0 Å². The summed E-state index contributed by atoms with van der Waals surface area (Å²) in [4.78, 5) is 10.7. The average molecular weight is 201 g/mol. The maximum Gasteiger partial charge on any atom is 0.320 e. The zero-order valence-corrected chi connectivity index (χ0v) is 8.35. The number of rotatable bonds is 2. The second-order valence-electron chi connectivity index (χ2n) is 3.92. The summed E-state index contributed by atoms with van der Waals surface area (Å²) in [6.07, 6.45) is 2.11. The minimum Gasteiger partial charge on any atom is -0.480 e. The average Bonchev–Trinajstić information content (AvgIpc) is 2.75. The minimum absolute atomic E-state index is 0.282. The Morgan fingerprint density at radius 1 is 1.46 bits per heavy atom. The van der Waals surface area contributed by atoms with E-state index in [2.05, 4.69) is 5.32 Å². The monoisotopic (exact) mass is 201 g/mol. The van der Waals surface area contributed by atoms with Crippen molar-refractivity contribution in [2.24, 2.45) is 11.8 Å². The summed E-state index contributed by atoms with van der Waals surface area (Å²) in [6.45, 7) is 0.905. The van der Waals surface area contributed by atoms with E-state index in [-0.39, 0.29) is 6.04 Å². The Hall–Kier alpha value is -0.220. The highest BCUT2D eigenvalue weighted by Gasteiger charge is 2.35. The summed E-state index contributed by atoms with van der Waals surface area (Å²) in [5, 5.41) is 11.9. The van der Waals surface area contributed by atoms with Gasteiger partial charge in [-0.2, -0.15) is 11.8 Å². The zero-order chi connectivity index (χ0) is 9.26. The lowest BCUT2D eigenvalue weighted by atomic mass is 9.90. The van der Waals surface area contributed by atoms with Crippen LogP contribution in [0.3, 0.4) is 0 Å². The third-order valence-electron chi connectivity index (χ3n) is 3.09. The van der Waals surface area contributed by atoms with Crippen molar-refractivity contribution in [2.75, 3.05) is 18.1 Å². The number of carboxylic acid groups (broad SMARTS) is 1. The Morgan fingerprint density at radius 2 is 2.31 bits per heavy atom. The van der Waals surface area contributed by atoms with E-state index in [9.17, 15) is 4.79 Å². The summed E-state index contributed by atoms with van der Waals surface area (Å²) in [7, 11) is 0. The number of carbonyl (C=O) groups is 1. The summed E-state index contributed by atoms with van der Waals surface area (Å²) in [6, 6.07) is -0.282. The largest absolute Gasteiger partial charge is 0.480 e. The molecule has 0 aromatic heterocycles. The first-order chi connectivity index (χ1) is 6.27. The Kier molecular flexibility index (Phi) is 2.79. The Balaban J connectivity index is 1.86. The summed E-state index contributed by atoms with van der Waals surface area (Å²) >= 11 is 2.00. The predicted octanol–water partition coefficient (Wildman–Crippen LogP) is 0.802. The second-order valence-corrected chi connectivity index (χ2v) is 5.07. The van der Waals surface area contributed by atoms with Gasteiger partial charge >= 0.3 is 5.97 Å². The lowest BCUT2D eigenvalue weighted by Gasteiger charge is -2.15. The van der Waals surface area contributed by atoms with Crippen LogP contribution in [0.5, 0.6) is 0 Å². The van der Waals surface area contributed by atoms with Crippen LogP contribution in [-0.2, 0) is 4.79 Å². The second kappa shape index (κ2) is 3.88. The molecule has 2 N–H and O–H groups in total. The lowest BCUT2D eigenvalue weighted by molar-refractivity contribution is -0.139. The fourth-order valence-electron chi connectivity index (χ4n) is 2.23. The zero-order valence-electron chi connectivity index (χ0n) is 7.53. The van der Waals surface area contributed by atoms with E-state index in [0.717, 1.165) is 18.9 Å². The molecule has 0 aliphatic carbocycles. The van der Waals surface area contributed by atoms with Crippen molar-refractivity contribution in [2.45, 2.75) is 18.9 Å². The molecule has 0 saturated carbocycles. The molecule has 74 valence electrons. The van der Waals surface area contributed by atoms with Crippen LogP contribution in [0.1, 0.15) is 12.8 Å². The van der Waals surface area contributed by atoms with E-state index in [1.807, 2.05) is 11.8 Å². The Bertz CT molecular complexity index is 204. The number of nitrogens with one attached hydrogen (secondary N) is 1. The van der Waals surface area contributed by atoms with Gasteiger partial charge in [-0.05, 0) is 42.7 Å². The molecule has 0 spiro atoms. The fraction of sp³-hybridized carbons (Fsp3) is 0.889. The van der Waals surface area contributed by atoms with E-state index < -0.39 is 5.97 Å². The minimum atomic E-state index is -0.687. The summed E-state index contributed by atoms with van der Waals surface area (Å²) < 4.78 is 0. The topological polar surface area (TPSA) is 49.3 Å². The summed E-state index contributed by atoms with van der Waals surface area (Å²) in [5.74, 6) is 3.18. The van der Waals surface area contributed by atoms with E-state index in [4.69, 9.17) is 5.11 Å². The van der Waals surface area contributed by atoms with Gasteiger partial charge in [-0.3, -0.25) is 4.79 Å². The maximum absolute atomic E-state index is 10.7. The number of hydrogen-bond acceptors (Lipinski definition) is 3. The molecule has 3 nitrogen and oxygen atoms in total. The molecule has 2 rings (SSSR count). The normalized spacial score (nSPS) is 39.5. The van der Waals surface area contributed by atoms with Crippen molar-refractivity contribution >= 4 is 17.7 Å². The van der Waals surface area contributed by atoms with Gasteiger partial charge in [0.2, 0.25) is 0 Å². The van der Waals surface area contributed by atoms with Crippen molar-refractivity contribution in [3.05, 3.63) is 0 Å². The first kappa shape index (κ1) is 9.34. The van der Waals surface area contributed by atoms with Gasteiger partial charge in [0.15, 0.2) is 0 Å². The van der Waals surface area contributed by atoms with Crippen LogP contribution in [0.25, 0.3) is 0 Å². The molecule has 2 fully saturated rings. The molecule has 3 unspecified atom stereocenters. The van der Waals surface area contributed by atoms with Gasteiger partial charge in [0.05, 0.1) is 0 Å². The fourth-order valence-corrected chi connectivity index (χ4v) is 3.61. The summed E-state index contributed by atoms with van der Waals surface area (Å²) in [5.41, 5.74) is 0. The molecular formula is C9H15NO2S. The molecule has 4 heteroatoms. The molecule has 2 saturated heterocycles. The first-order valence-electron chi connectivity index (χ1n) is 4.81. The van der Waals surface area contributed by atoms with Gasteiger partial charge in [-0.15, -0.1) is 0 Å². The van der Waals surface area contributed by atoms with E-state index in [1.165, 1.54) is 17.9 Å². The number of carboxylic acids is 1. The molecule has 13 heavy (non-hydrogen) atoms. The molecule has 2 aliphatic heterocycles. The van der Waals surface area contributed by atoms with E-state index >= 15 is 0 Å². The van der Waals surface area contributed by atoms with Crippen LogP contribution in [-0.4, -0.2) is 35.2 Å². The van der Waals surface area contributed by atoms with Gasteiger partial charge in [-0.25, -0.2) is 0 Å².